The fourth-order valence-corrected chi connectivity index (χ4v) is 1.60. The van der Waals surface area contributed by atoms with Gasteiger partial charge in [0.1, 0.15) is 0 Å². The molecule has 0 amide bonds. The largest absolute Gasteiger partial charge is 0.417 e. The SMILES string of the molecule is NC(N)=NC(N)=Nc1cc(C(F)(F)F)cc(C(F)(F)F)c1Cl. The van der Waals surface area contributed by atoms with Crippen molar-refractivity contribution in [3.63, 3.8) is 0 Å². The third-order valence-corrected chi connectivity index (χ3v) is 2.56. The van der Waals surface area contributed by atoms with Crippen molar-refractivity contribution in [1.29, 1.82) is 0 Å². The molecule has 0 aromatic heterocycles. The van der Waals surface area contributed by atoms with E-state index < -0.39 is 46.1 Å². The summed E-state index contributed by atoms with van der Waals surface area (Å²) in [5, 5.41) is -1.06. The maximum absolute atomic E-state index is 12.7. The van der Waals surface area contributed by atoms with Crippen LogP contribution in [-0.2, 0) is 12.4 Å². The van der Waals surface area contributed by atoms with Crippen LogP contribution in [0.1, 0.15) is 11.1 Å². The van der Waals surface area contributed by atoms with Gasteiger partial charge in [-0.2, -0.15) is 31.3 Å². The van der Waals surface area contributed by atoms with Crippen LogP contribution in [0, 0.1) is 0 Å². The summed E-state index contributed by atoms with van der Waals surface area (Å²) in [6.45, 7) is 0. The lowest BCUT2D eigenvalue weighted by Gasteiger charge is -2.15. The van der Waals surface area contributed by atoms with Crippen molar-refractivity contribution in [2.24, 2.45) is 27.2 Å². The van der Waals surface area contributed by atoms with Crippen molar-refractivity contribution in [1.82, 2.24) is 0 Å². The maximum Gasteiger partial charge on any atom is 0.417 e. The standard InChI is InChI=1S/C10H8ClF6N5/c11-6-4(10(15,16)17)1-3(9(12,13)14)2-5(6)21-8(20)22-7(18)19/h1-2H,(H6,18,19,20,21,22). The van der Waals surface area contributed by atoms with E-state index in [2.05, 4.69) is 9.98 Å². The molecule has 22 heavy (non-hydrogen) atoms. The molecule has 6 N–H and O–H groups in total. The van der Waals surface area contributed by atoms with Crippen LogP contribution >= 0.6 is 11.6 Å². The topological polar surface area (TPSA) is 103 Å². The molecule has 0 fully saturated rings. The molecule has 0 heterocycles. The molecule has 0 aliphatic heterocycles. The van der Waals surface area contributed by atoms with Gasteiger partial charge < -0.3 is 17.2 Å². The van der Waals surface area contributed by atoms with E-state index in [1.165, 1.54) is 0 Å². The highest BCUT2D eigenvalue weighted by Crippen LogP contribution is 2.43. The molecular formula is C10H8ClF6N5. The van der Waals surface area contributed by atoms with Gasteiger partial charge in [0.15, 0.2) is 5.96 Å². The fourth-order valence-electron chi connectivity index (χ4n) is 1.34. The molecule has 1 aromatic carbocycles. The fraction of sp³-hybridized carbons (Fsp3) is 0.200. The van der Waals surface area contributed by atoms with Crippen LogP contribution in [0.5, 0.6) is 0 Å². The van der Waals surface area contributed by atoms with Gasteiger partial charge in [0.2, 0.25) is 5.96 Å². The number of guanidine groups is 2. The van der Waals surface area contributed by atoms with Crippen LogP contribution in [0.3, 0.4) is 0 Å². The van der Waals surface area contributed by atoms with E-state index in [1.54, 1.807) is 0 Å². The molecule has 0 atom stereocenters. The molecule has 5 nitrogen and oxygen atoms in total. The molecule has 0 radical (unpaired) electrons. The van der Waals surface area contributed by atoms with Crippen LogP contribution in [0.2, 0.25) is 5.02 Å². The van der Waals surface area contributed by atoms with Crippen LogP contribution in [-0.4, -0.2) is 11.9 Å². The van der Waals surface area contributed by atoms with Crippen LogP contribution < -0.4 is 17.2 Å². The average molecular weight is 348 g/mol. The Labute approximate surface area is 124 Å². The number of benzene rings is 1. The van der Waals surface area contributed by atoms with E-state index in [4.69, 9.17) is 28.8 Å². The van der Waals surface area contributed by atoms with Gasteiger partial charge in [0.05, 0.1) is 21.8 Å². The molecule has 0 spiro atoms. The van der Waals surface area contributed by atoms with Crippen LogP contribution in [0.25, 0.3) is 0 Å². The lowest BCUT2D eigenvalue weighted by Crippen LogP contribution is -2.26. The minimum Gasteiger partial charge on any atom is -0.370 e. The summed E-state index contributed by atoms with van der Waals surface area (Å²) in [6, 6.07) is 0.171. The van der Waals surface area contributed by atoms with Gasteiger partial charge in [-0.3, -0.25) is 0 Å². The van der Waals surface area contributed by atoms with E-state index >= 15 is 0 Å². The van der Waals surface area contributed by atoms with E-state index in [-0.39, 0.29) is 6.07 Å². The third kappa shape index (κ3) is 4.41. The zero-order valence-electron chi connectivity index (χ0n) is 10.4. The second kappa shape index (κ2) is 5.91. The molecule has 0 saturated carbocycles. The highest BCUT2D eigenvalue weighted by atomic mass is 35.5. The summed E-state index contributed by atoms with van der Waals surface area (Å²) in [6.07, 6.45) is -10.2. The summed E-state index contributed by atoms with van der Waals surface area (Å²) in [4.78, 5) is 6.44. The molecule has 12 heteroatoms. The van der Waals surface area contributed by atoms with Crippen LogP contribution in [0.15, 0.2) is 22.1 Å². The number of halogens is 7. The molecule has 0 saturated heterocycles. The number of rotatable bonds is 1. The molecule has 122 valence electrons. The third-order valence-electron chi connectivity index (χ3n) is 2.16. The second-order valence-corrected chi connectivity index (χ2v) is 4.24. The summed E-state index contributed by atoms with van der Waals surface area (Å²) in [5.74, 6) is -1.34. The highest BCUT2D eigenvalue weighted by Gasteiger charge is 2.39. The number of nitrogens with two attached hydrogens (primary N) is 3. The van der Waals surface area contributed by atoms with E-state index in [1.807, 2.05) is 0 Å². The normalized spacial score (nSPS) is 13.1. The molecular weight excluding hydrogens is 340 g/mol. The van der Waals surface area contributed by atoms with E-state index in [0.717, 1.165) is 0 Å². The maximum atomic E-state index is 12.7. The minimum atomic E-state index is -5.12. The number of alkyl halides is 6. The van der Waals surface area contributed by atoms with Crippen LogP contribution in [0.4, 0.5) is 32.0 Å². The summed E-state index contributed by atoms with van der Waals surface area (Å²) >= 11 is 5.44. The van der Waals surface area contributed by atoms with Crippen molar-refractivity contribution in [3.8, 4) is 0 Å². The second-order valence-electron chi connectivity index (χ2n) is 3.86. The molecule has 0 aliphatic rings. The molecule has 1 rings (SSSR count). The van der Waals surface area contributed by atoms with Gasteiger partial charge in [-0.15, -0.1) is 0 Å². The minimum absolute atomic E-state index is 0.127. The Bertz CT molecular complexity index is 630. The predicted molar refractivity (Wildman–Crippen MR) is 68.5 cm³/mol. The summed E-state index contributed by atoms with van der Waals surface area (Å²) in [5.41, 5.74) is 10.9. The lowest BCUT2D eigenvalue weighted by molar-refractivity contribution is -0.142. The first-order chi connectivity index (χ1) is 9.82. The molecule has 1 aromatic rings. The Morgan fingerprint density at radius 1 is 0.955 bits per heavy atom. The van der Waals surface area contributed by atoms with Crippen molar-refractivity contribution < 1.29 is 26.3 Å². The Morgan fingerprint density at radius 2 is 1.50 bits per heavy atom. The highest BCUT2D eigenvalue weighted by molar-refractivity contribution is 6.34. The first-order valence-electron chi connectivity index (χ1n) is 5.24. The average Bonchev–Trinajstić information content (AvgIpc) is 2.27. The Kier molecular flexibility index (Phi) is 4.80. The van der Waals surface area contributed by atoms with Gasteiger partial charge in [-0.05, 0) is 12.1 Å². The van der Waals surface area contributed by atoms with Gasteiger partial charge in [-0.1, -0.05) is 11.6 Å². The number of aliphatic imine (C=N–C) groups is 2. The molecule has 0 aliphatic carbocycles. The lowest BCUT2D eigenvalue weighted by atomic mass is 10.1. The Hall–Kier alpha value is -2.17. The Morgan fingerprint density at radius 3 is 1.91 bits per heavy atom. The van der Waals surface area contributed by atoms with Crippen molar-refractivity contribution in [3.05, 3.63) is 28.3 Å². The number of hydrogen-bond donors (Lipinski definition) is 3. The monoisotopic (exact) mass is 347 g/mol. The first-order valence-corrected chi connectivity index (χ1v) is 5.62. The first kappa shape index (κ1) is 17.9. The predicted octanol–water partition coefficient (Wildman–Crippen LogP) is 2.60. The smallest absolute Gasteiger partial charge is 0.370 e. The Balaban J connectivity index is 3.61. The zero-order chi connectivity index (χ0) is 17.3. The number of nitrogens with zero attached hydrogens (tertiary/aromatic N) is 2. The molecule has 0 bridgehead atoms. The quantitative estimate of drug-likeness (QED) is 0.413. The van der Waals surface area contributed by atoms with E-state index in [0.29, 0.717) is 6.07 Å². The van der Waals surface area contributed by atoms with Crippen molar-refractivity contribution in [2.75, 3.05) is 0 Å². The van der Waals surface area contributed by atoms with Crippen molar-refractivity contribution in [2.45, 2.75) is 12.4 Å². The molecule has 0 unspecified atom stereocenters. The number of hydrogen-bond acceptors (Lipinski definition) is 1. The van der Waals surface area contributed by atoms with Gasteiger partial charge in [0, 0.05) is 0 Å². The van der Waals surface area contributed by atoms with Gasteiger partial charge in [0.25, 0.3) is 0 Å². The summed E-state index contributed by atoms with van der Waals surface area (Å²) < 4.78 is 76.2. The zero-order valence-corrected chi connectivity index (χ0v) is 11.2. The summed E-state index contributed by atoms with van der Waals surface area (Å²) in [7, 11) is 0. The van der Waals surface area contributed by atoms with Gasteiger partial charge >= 0.3 is 12.4 Å². The van der Waals surface area contributed by atoms with E-state index in [9.17, 15) is 26.3 Å². The van der Waals surface area contributed by atoms with Gasteiger partial charge in [-0.25, -0.2) is 4.99 Å². The van der Waals surface area contributed by atoms with Crippen molar-refractivity contribution >= 4 is 29.2 Å².